The van der Waals surface area contributed by atoms with Crippen LogP contribution in [0.1, 0.15) is 206 Å². The van der Waals surface area contributed by atoms with Crippen molar-refractivity contribution in [3.05, 3.63) is 36.5 Å². The van der Waals surface area contributed by atoms with Crippen molar-refractivity contribution < 1.29 is 52.2 Å². The molecule has 0 saturated carbocycles. The smallest absolute Gasteiger partial charge is 0.472 e. The number of carboxylic acid groups (broad SMARTS) is 1. The predicted molar refractivity (Wildman–Crippen MR) is 244 cm³/mol. The molecule has 0 spiro atoms. The van der Waals surface area contributed by atoms with Gasteiger partial charge in [-0.2, -0.15) is 0 Å². The lowest BCUT2D eigenvalue weighted by Crippen LogP contribution is -2.34. The molecular weight excluding hydrogens is 797 g/mol. The molecule has 12 nitrogen and oxygen atoms in total. The van der Waals surface area contributed by atoms with Crippen LogP contribution >= 0.6 is 7.82 Å². The monoisotopic (exact) mass is 884 g/mol. The van der Waals surface area contributed by atoms with E-state index < -0.39 is 51.1 Å². The zero-order valence-electron chi connectivity index (χ0n) is 38.2. The van der Waals surface area contributed by atoms with E-state index in [0.717, 1.165) is 38.5 Å². The van der Waals surface area contributed by atoms with E-state index >= 15 is 0 Å². The average molecular weight is 884 g/mol. The van der Waals surface area contributed by atoms with Gasteiger partial charge in [-0.05, 0) is 44.9 Å². The number of aliphatic carboxylic acids is 1. The van der Waals surface area contributed by atoms with Gasteiger partial charge >= 0.3 is 25.7 Å². The van der Waals surface area contributed by atoms with Crippen molar-refractivity contribution >= 4 is 25.7 Å². The molecule has 0 radical (unpaired) electrons. The number of nitrogens with two attached hydrogens (primary N) is 1. The normalized spacial score (nSPS) is 17.2. The lowest BCUT2D eigenvalue weighted by atomic mass is 10.0. The number of unbranched alkanes of at least 4 members (excludes halogenated alkanes) is 21. The highest BCUT2D eigenvalue weighted by Gasteiger charge is 2.36. The van der Waals surface area contributed by atoms with Crippen molar-refractivity contribution in [1.29, 1.82) is 0 Å². The summed E-state index contributed by atoms with van der Waals surface area (Å²) in [7, 11) is -4.74. The van der Waals surface area contributed by atoms with Crippen molar-refractivity contribution in [3.63, 3.8) is 0 Å². The Hall–Kier alpha value is -2.34. The number of hydrogen-bond donors (Lipinski definition) is 3. The number of carboxylic acids is 1. The van der Waals surface area contributed by atoms with Crippen molar-refractivity contribution in [1.82, 2.24) is 0 Å². The van der Waals surface area contributed by atoms with Gasteiger partial charge in [-0.1, -0.05) is 185 Å². The van der Waals surface area contributed by atoms with E-state index in [9.17, 15) is 23.8 Å². The van der Waals surface area contributed by atoms with Gasteiger partial charge < -0.3 is 29.9 Å². The molecule has 1 aliphatic heterocycles. The minimum absolute atomic E-state index is 0.0830. The standard InChI is InChI=1S/C48H86NO11P/c1-3-5-7-8-9-10-11-12-13-14-15-16-17-18-19-23-26-29-33-37-46(50)56-39-42(40-57-61(54,55)58-41-43(49)48(52)53)59-47(51)38-34-30-27-24-21-20-22-25-28-32-36-45-44(60-45)35-31-6-4-2/h20,22,24,27-28,32,42-45H,3-19,21,23,25-26,29-31,33-41,49H2,1-2H3,(H,52,53)(H,54,55)/b22-20-,27-24-,32-28-/t42-,43+,44?,45?/m1/s1. The topological polar surface area (TPSA) is 184 Å². The largest absolute Gasteiger partial charge is 0.480 e. The molecule has 5 atom stereocenters. The Morgan fingerprint density at radius 1 is 0.607 bits per heavy atom. The Balaban J connectivity index is 2.26. The van der Waals surface area contributed by atoms with Gasteiger partial charge in [0.15, 0.2) is 6.10 Å². The van der Waals surface area contributed by atoms with Gasteiger partial charge in [-0.25, -0.2) is 4.57 Å². The van der Waals surface area contributed by atoms with E-state index in [1.807, 2.05) is 12.2 Å². The fourth-order valence-corrected chi connectivity index (χ4v) is 7.70. The minimum Gasteiger partial charge on any atom is -0.480 e. The first-order valence-electron chi connectivity index (χ1n) is 24.1. The molecule has 1 heterocycles. The van der Waals surface area contributed by atoms with Crippen LogP contribution in [0, 0.1) is 0 Å². The second-order valence-corrected chi connectivity index (χ2v) is 18.1. The van der Waals surface area contributed by atoms with Crippen LogP contribution in [-0.2, 0) is 42.2 Å². The van der Waals surface area contributed by atoms with Gasteiger partial charge in [-0.15, -0.1) is 0 Å². The predicted octanol–water partition coefficient (Wildman–Crippen LogP) is 12.2. The zero-order chi connectivity index (χ0) is 44.7. The summed E-state index contributed by atoms with van der Waals surface area (Å²) < 4.78 is 38.5. The number of carbonyl (C=O) groups excluding carboxylic acids is 2. The fourth-order valence-electron chi connectivity index (χ4n) is 6.92. The summed E-state index contributed by atoms with van der Waals surface area (Å²) in [4.78, 5) is 46.1. The van der Waals surface area contributed by atoms with E-state index in [0.29, 0.717) is 31.5 Å². The molecule has 3 unspecified atom stereocenters. The van der Waals surface area contributed by atoms with Crippen LogP contribution < -0.4 is 5.73 Å². The Morgan fingerprint density at radius 2 is 1.08 bits per heavy atom. The Morgan fingerprint density at radius 3 is 1.64 bits per heavy atom. The third-order valence-electron chi connectivity index (χ3n) is 10.8. The molecule has 0 aromatic rings. The number of rotatable bonds is 44. The van der Waals surface area contributed by atoms with Gasteiger partial charge in [0, 0.05) is 12.8 Å². The highest BCUT2D eigenvalue weighted by molar-refractivity contribution is 7.47. The number of hydrogen-bond acceptors (Lipinski definition) is 10. The number of phosphoric ester groups is 1. The average Bonchev–Trinajstić information content (AvgIpc) is 3.99. The van der Waals surface area contributed by atoms with Crippen LogP contribution in [0.15, 0.2) is 36.5 Å². The number of esters is 2. The molecule has 0 bridgehead atoms. The van der Waals surface area contributed by atoms with Crippen LogP contribution in [0.5, 0.6) is 0 Å². The Labute approximate surface area is 369 Å². The number of allylic oxidation sites excluding steroid dienone is 5. The van der Waals surface area contributed by atoms with Crippen molar-refractivity contribution in [2.24, 2.45) is 5.73 Å². The summed E-state index contributed by atoms with van der Waals surface area (Å²) in [5.41, 5.74) is 5.34. The maximum absolute atomic E-state index is 12.6. The van der Waals surface area contributed by atoms with E-state index in [1.165, 1.54) is 122 Å². The molecule has 61 heavy (non-hydrogen) atoms. The molecule has 0 aromatic carbocycles. The molecule has 0 aliphatic carbocycles. The highest BCUT2D eigenvalue weighted by atomic mass is 31.2. The molecule has 0 amide bonds. The maximum Gasteiger partial charge on any atom is 0.472 e. The molecule has 13 heteroatoms. The highest BCUT2D eigenvalue weighted by Crippen LogP contribution is 2.43. The van der Waals surface area contributed by atoms with Crippen molar-refractivity contribution in [3.8, 4) is 0 Å². The van der Waals surface area contributed by atoms with Gasteiger partial charge in [-0.3, -0.25) is 23.4 Å². The molecule has 1 aliphatic rings. The SMILES string of the molecule is CCCCCCCCCCCCCCCCCCCCCC(=O)OC[C@H](COP(=O)(O)OC[C@H](N)C(=O)O)OC(=O)CCC/C=C\C/C=C\C/C=C\CC1OC1CCCCC. The van der Waals surface area contributed by atoms with Gasteiger partial charge in [0.25, 0.3) is 0 Å². The summed E-state index contributed by atoms with van der Waals surface area (Å²) >= 11 is 0. The summed E-state index contributed by atoms with van der Waals surface area (Å²) in [5, 5.41) is 8.91. The quantitative estimate of drug-likeness (QED) is 0.0173. The summed E-state index contributed by atoms with van der Waals surface area (Å²) in [6.07, 6.45) is 45.3. The number of phosphoric acid groups is 1. The lowest BCUT2D eigenvalue weighted by molar-refractivity contribution is -0.161. The summed E-state index contributed by atoms with van der Waals surface area (Å²) in [6, 6.07) is -1.53. The number of carbonyl (C=O) groups is 3. The first-order chi connectivity index (χ1) is 29.6. The zero-order valence-corrected chi connectivity index (χ0v) is 39.1. The van der Waals surface area contributed by atoms with Gasteiger partial charge in [0.2, 0.25) is 0 Å². The van der Waals surface area contributed by atoms with Crippen LogP contribution in [0.2, 0.25) is 0 Å². The van der Waals surface area contributed by atoms with Crippen molar-refractivity contribution in [2.45, 2.75) is 231 Å². The number of ether oxygens (including phenoxy) is 3. The Bertz CT molecular complexity index is 1240. The summed E-state index contributed by atoms with van der Waals surface area (Å²) in [6.45, 7) is 2.74. The maximum atomic E-state index is 12.6. The minimum atomic E-state index is -4.74. The second kappa shape index (κ2) is 39.3. The molecule has 0 aromatic heterocycles. The first-order valence-corrected chi connectivity index (χ1v) is 25.6. The van der Waals surface area contributed by atoms with Crippen LogP contribution in [-0.4, -0.2) is 72.1 Å². The van der Waals surface area contributed by atoms with E-state index in [1.54, 1.807) is 0 Å². The third kappa shape index (κ3) is 36.8. The molecular formula is C48H86NO11P. The van der Waals surface area contributed by atoms with Crippen LogP contribution in [0.25, 0.3) is 0 Å². The van der Waals surface area contributed by atoms with Gasteiger partial charge in [0.05, 0.1) is 25.4 Å². The molecule has 1 saturated heterocycles. The van der Waals surface area contributed by atoms with E-state index in [-0.39, 0.29) is 19.4 Å². The first kappa shape index (κ1) is 56.7. The number of epoxide rings is 1. The molecule has 1 fully saturated rings. The fraction of sp³-hybridized carbons (Fsp3) is 0.812. The lowest BCUT2D eigenvalue weighted by Gasteiger charge is -2.20. The molecule has 4 N–H and O–H groups in total. The third-order valence-corrected chi connectivity index (χ3v) is 11.8. The molecule has 354 valence electrons. The summed E-state index contributed by atoms with van der Waals surface area (Å²) in [5.74, 6) is -2.45. The van der Waals surface area contributed by atoms with E-state index in [2.05, 4.69) is 42.7 Å². The van der Waals surface area contributed by atoms with Gasteiger partial charge in [0.1, 0.15) is 12.6 Å². The van der Waals surface area contributed by atoms with Crippen LogP contribution in [0.3, 0.4) is 0 Å². The Kier molecular flexibility index (Phi) is 36.5. The van der Waals surface area contributed by atoms with Crippen LogP contribution in [0.4, 0.5) is 0 Å². The second-order valence-electron chi connectivity index (χ2n) is 16.6. The molecule has 1 rings (SSSR count). The van der Waals surface area contributed by atoms with Crippen molar-refractivity contribution in [2.75, 3.05) is 19.8 Å². The van der Waals surface area contributed by atoms with E-state index in [4.69, 9.17) is 29.6 Å².